The fraction of sp³-hybridized carbons (Fsp3) is 0. The van der Waals surface area contributed by atoms with E-state index in [-0.39, 0.29) is 0 Å². The van der Waals surface area contributed by atoms with Crippen LogP contribution >= 0.6 is 11.3 Å². The molecule has 0 aliphatic rings. The van der Waals surface area contributed by atoms with Crippen molar-refractivity contribution in [2.24, 2.45) is 0 Å². The van der Waals surface area contributed by atoms with Crippen LogP contribution in [0.3, 0.4) is 0 Å². The maximum Gasteiger partial charge on any atom is 0.235 e. The summed E-state index contributed by atoms with van der Waals surface area (Å²) in [6.07, 6.45) is 0. The quantitative estimate of drug-likeness (QED) is 0.194. The highest BCUT2D eigenvalue weighted by Crippen LogP contribution is 2.42. The molecule has 48 heavy (non-hydrogen) atoms. The third kappa shape index (κ3) is 4.27. The predicted molar refractivity (Wildman–Crippen MR) is 203 cm³/mol. The zero-order chi connectivity index (χ0) is 31.6. The van der Waals surface area contributed by atoms with Gasteiger partial charge in [-0.3, -0.25) is 4.57 Å². The molecule has 0 saturated heterocycles. The Balaban J connectivity index is 1.33. The van der Waals surface area contributed by atoms with E-state index in [4.69, 9.17) is 9.97 Å². The molecular weight excluding hydrogens is 603 g/mol. The molecule has 3 aromatic heterocycles. The van der Waals surface area contributed by atoms with Crippen molar-refractivity contribution in [1.29, 1.82) is 0 Å². The summed E-state index contributed by atoms with van der Waals surface area (Å²) in [4.78, 5) is 10.6. The first kappa shape index (κ1) is 27.1. The second kappa shape index (κ2) is 10.7. The second-order valence-corrected chi connectivity index (χ2v) is 13.3. The van der Waals surface area contributed by atoms with E-state index in [0.29, 0.717) is 5.95 Å². The van der Waals surface area contributed by atoms with Gasteiger partial charge in [0.1, 0.15) is 0 Å². The molecule has 0 N–H and O–H groups in total. The zero-order valence-corrected chi connectivity index (χ0v) is 26.7. The van der Waals surface area contributed by atoms with Crippen LogP contribution in [0.5, 0.6) is 0 Å². The van der Waals surface area contributed by atoms with Crippen molar-refractivity contribution < 1.29 is 0 Å². The standard InChI is InChI=1S/C44H27N3S/c1-3-12-28(13-4-1)38-27-39(29-14-5-2-6-15-29)46-44(45-38)47-40-26-31-17-8-7-16-30(31)24-36(40)35-20-11-19-33(43(35)47)32-22-23-42-37(25-32)34-18-9-10-21-41(34)48-42/h1-27H. The molecule has 0 fully saturated rings. The highest BCUT2D eigenvalue weighted by Gasteiger charge is 2.21. The molecule has 3 nitrogen and oxygen atoms in total. The third-order valence-corrected chi connectivity index (χ3v) is 10.5. The molecule has 3 heterocycles. The minimum atomic E-state index is 0.653. The van der Waals surface area contributed by atoms with Crippen molar-refractivity contribution in [3.05, 3.63) is 164 Å². The van der Waals surface area contributed by atoms with Gasteiger partial charge < -0.3 is 0 Å². The summed E-state index contributed by atoms with van der Waals surface area (Å²) in [5, 5.41) is 7.34. The number of hydrogen-bond acceptors (Lipinski definition) is 3. The van der Waals surface area contributed by atoms with Crippen molar-refractivity contribution in [1.82, 2.24) is 14.5 Å². The molecule has 0 amide bonds. The molecule has 0 aliphatic carbocycles. The molecule has 0 unspecified atom stereocenters. The summed E-state index contributed by atoms with van der Waals surface area (Å²) in [7, 11) is 0. The number of benzene rings is 7. The first-order valence-corrected chi connectivity index (χ1v) is 17.0. The number of para-hydroxylation sites is 1. The Hall–Kier alpha value is -6.10. The summed E-state index contributed by atoms with van der Waals surface area (Å²) < 4.78 is 4.90. The number of aromatic nitrogens is 3. The summed E-state index contributed by atoms with van der Waals surface area (Å²) in [6, 6.07) is 58.4. The van der Waals surface area contributed by atoms with Gasteiger partial charge in [-0.1, -0.05) is 127 Å². The largest absolute Gasteiger partial charge is 0.277 e. The fourth-order valence-corrected chi connectivity index (χ4v) is 8.22. The van der Waals surface area contributed by atoms with Gasteiger partial charge in [-0.25, -0.2) is 9.97 Å². The smallest absolute Gasteiger partial charge is 0.235 e. The van der Waals surface area contributed by atoms with Crippen LogP contribution in [0.25, 0.3) is 92.3 Å². The average molecular weight is 630 g/mol. The van der Waals surface area contributed by atoms with Crippen molar-refractivity contribution in [3.8, 4) is 39.6 Å². The van der Waals surface area contributed by atoms with Gasteiger partial charge in [0.25, 0.3) is 0 Å². The van der Waals surface area contributed by atoms with Crippen LogP contribution in [0.2, 0.25) is 0 Å². The average Bonchev–Trinajstić information content (AvgIpc) is 3.69. The van der Waals surface area contributed by atoms with E-state index in [9.17, 15) is 0 Å². The Morgan fingerprint density at radius 1 is 0.417 bits per heavy atom. The highest BCUT2D eigenvalue weighted by atomic mass is 32.1. The van der Waals surface area contributed by atoms with E-state index < -0.39 is 0 Å². The van der Waals surface area contributed by atoms with Gasteiger partial charge in [-0.2, -0.15) is 0 Å². The maximum atomic E-state index is 5.32. The Bertz CT molecular complexity index is 2770. The lowest BCUT2D eigenvalue weighted by atomic mass is 9.99. The number of rotatable bonds is 4. The van der Waals surface area contributed by atoms with Gasteiger partial charge in [0.2, 0.25) is 5.95 Å². The van der Waals surface area contributed by atoms with E-state index in [1.807, 2.05) is 23.5 Å². The Morgan fingerprint density at radius 3 is 1.79 bits per heavy atom. The molecule has 0 bridgehead atoms. The van der Waals surface area contributed by atoms with Crippen LogP contribution in [0.1, 0.15) is 0 Å². The molecule has 10 rings (SSSR count). The van der Waals surface area contributed by atoms with Crippen LogP contribution in [-0.2, 0) is 0 Å². The third-order valence-electron chi connectivity index (χ3n) is 9.40. The zero-order valence-electron chi connectivity index (χ0n) is 25.8. The van der Waals surface area contributed by atoms with Crippen LogP contribution in [0.15, 0.2) is 164 Å². The number of fused-ring (bicyclic) bond motifs is 7. The molecule has 10 aromatic rings. The lowest BCUT2D eigenvalue weighted by Crippen LogP contribution is -2.04. The minimum absolute atomic E-state index is 0.653. The molecule has 224 valence electrons. The summed E-state index contributed by atoms with van der Waals surface area (Å²) in [5.74, 6) is 0.653. The van der Waals surface area contributed by atoms with Crippen molar-refractivity contribution in [2.45, 2.75) is 0 Å². The summed E-state index contributed by atoms with van der Waals surface area (Å²) in [6.45, 7) is 0. The second-order valence-electron chi connectivity index (χ2n) is 12.2. The lowest BCUT2D eigenvalue weighted by molar-refractivity contribution is 0.996. The summed E-state index contributed by atoms with van der Waals surface area (Å²) in [5.41, 5.74) is 8.40. The SMILES string of the molecule is c1ccc(-c2cc(-c3ccccc3)nc(-n3c4cc5ccccc5cc4c4cccc(-c5ccc6sc7ccccc7c6c5)c43)n2)cc1. The van der Waals surface area contributed by atoms with Crippen LogP contribution < -0.4 is 0 Å². The maximum absolute atomic E-state index is 5.32. The minimum Gasteiger partial charge on any atom is -0.277 e. The van der Waals surface area contributed by atoms with E-state index >= 15 is 0 Å². The number of thiophene rings is 1. The Labute approximate surface area is 281 Å². The van der Waals surface area contributed by atoms with E-state index in [2.05, 4.69) is 156 Å². The first-order chi connectivity index (χ1) is 23.8. The number of hydrogen-bond donors (Lipinski definition) is 0. The van der Waals surface area contributed by atoms with Gasteiger partial charge in [0, 0.05) is 47.6 Å². The molecule has 0 saturated carbocycles. The van der Waals surface area contributed by atoms with E-state index in [0.717, 1.165) is 39.1 Å². The Kier molecular flexibility index (Phi) is 6.05. The molecule has 0 radical (unpaired) electrons. The van der Waals surface area contributed by atoms with Crippen LogP contribution in [-0.4, -0.2) is 14.5 Å². The lowest BCUT2D eigenvalue weighted by Gasteiger charge is -2.14. The van der Waals surface area contributed by atoms with Crippen LogP contribution in [0, 0.1) is 0 Å². The molecular formula is C44H27N3S. The van der Waals surface area contributed by atoms with Crippen LogP contribution in [0.4, 0.5) is 0 Å². The molecule has 7 aromatic carbocycles. The highest BCUT2D eigenvalue weighted by molar-refractivity contribution is 7.25. The molecule has 0 atom stereocenters. The van der Waals surface area contributed by atoms with Crippen molar-refractivity contribution in [3.63, 3.8) is 0 Å². The first-order valence-electron chi connectivity index (χ1n) is 16.2. The molecule has 4 heteroatoms. The normalized spacial score (nSPS) is 11.8. The van der Waals surface area contributed by atoms with Gasteiger partial charge in [-0.05, 0) is 52.7 Å². The van der Waals surface area contributed by atoms with Gasteiger partial charge in [0.15, 0.2) is 0 Å². The molecule has 0 aliphatic heterocycles. The van der Waals surface area contributed by atoms with Gasteiger partial charge in [-0.15, -0.1) is 11.3 Å². The Morgan fingerprint density at radius 2 is 1.04 bits per heavy atom. The number of nitrogens with zero attached hydrogens (tertiary/aromatic N) is 3. The molecule has 0 spiro atoms. The van der Waals surface area contributed by atoms with Crippen molar-refractivity contribution >= 4 is 64.1 Å². The van der Waals surface area contributed by atoms with Crippen molar-refractivity contribution in [2.75, 3.05) is 0 Å². The van der Waals surface area contributed by atoms with Gasteiger partial charge in [0.05, 0.1) is 22.4 Å². The monoisotopic (exact) mass is 629 g/mol. The fourth-order valence-electron chi connectivity index (χ4n) is 7.13. The van der Waals surface area contributed by atoms with E-state index in [1.54, 1.807) is 0 Å². The predicted octanol–water partition coefficient (Wildman–Crippen LogP) is 12.1. The summed E-state index contributed by atoms with van der Waals surface area (Å²) >= 11 is 1.85. The topological polar surface area (TPSA) is 30.7 Å². The van der Waals surface area contributed by atoms with Gasteiger partial charge >= 0.3 is 0 Å². The van der Waals surface area contributed by atoms with E-state index in [1.165, 1.54) is 47.3 Å².